The number of ketones is 1. The average molecular weight is 401 g/mol. The number of halogens is 1. The predicted octanol–water partition coefficient (Wildman–Crippen LogP) is 2.80. The zero-order valence-electron chi connectivity index (χ0n) is 14.1. The molecule has 6 nitrogen and oxygen atoms in total. The quantitative estimate of drug-likeness (QED) is 0.414. The second-order valence-electron chi connectivity index (χ2n) is 5.72. The number of H-pyrrole nitrogens is 1. The van der Waals surface area contributed by atoms with Gasteiger partial charge in [0.1, 0.15) is 0 Å². The summed E-state index contributed by atoms with van der Waals surface area (Å²) in [6.07, 6.45) is 2.83. The Morgan fingerprint density at radius 3 is 2.70 bits per heavy atom. The van der Waals surface area contributed by atoms with Crippen molar-refractivity contribution in [3.63, 3.8) is 0 Å². The molecule has 0 unspecified atom stereocenters. The molecule has 0 radical (unpaired) electrons. The van der Waals surface area contributed by atoms with E-state index in [0.717, 1.165) is 16.9 Å². The second-order valence-corrected chi connectivity index (χ2v) is 7.21. The zero-order chi connectivity index (χ0) is 19.6. The van der Waals surface area contributed by atoms with Gasteiger partial charge in [0.25, 0.3) is 11.2 Å². The summed E-state index contributed by atoms with van der Waals surface area (Å²) < 4.78 is 0.683. The van der Waals surface area contributed by atoms with E-state index in [1.54, 1.807) is 12.1 Å². The predicted molar refractivity (Wildman–Crippen MR) is 106 cm³/mol. The first-order valence-corrected chi connectivity index (χ1v) is 9.01. The van der Waals surface area contributed by atoms with Crippen molar-refractivity contribution in [2.24, 2.45) is 0 Å². The van der Waals surface area contributed by atoms with Crippen molar-refractivity contribution in [2.75, 3.05) is 0 Å². The summed E-state index contributed by atoms with van der Waals surface area (Å²) in [5.41, 5.74) is 1.23. The number of hydrogen-bond acceptors (Lipinski definition) is 5. The van der Waals surface area contributed by atoms with Gasteiger partial charge in [0.05, 0.1) is 14.1 Å². The summed E-state index contributed by atoms with van der Waals surface area (Å²) >= 11 is 7.15. The van der Waals surface area contributed by atoms with Gasteiger partial charge in [0.2, 0.25) is 0 Å². The topological polar surface area (TPSA) is 93.1 Å². The number of aromatic amines is 1. The molecule has 0 aliphatic heterocycles. The molecule has 3 rings (SSSR count). The highest BCUT2D eigenvalue weighted by atomic mass is 35.5. The Morgan fingerprint density at radius 2 is 2.00 bits per heavy atom. The lowest BCUT2D eigenvalue weighted by Crippen LogP contribution is -2.20. The first-order valence-electron chi connectivity index (χ1n) is 7.81. The molecular weight excluding hydrogens is 388 g/mol. The molecule has 0 atom stereocenters. The van der Waals surface area contributed by atoms with E-state index in [1.807, 2.05) is 19.1 Å². The Kier molecular flexibility index (Phi) is 5.34. The Bertz CT molecular complexity index is 1230. The van der Waals surface area contributed by atoms with Crippen molar-refractivity contribution in [1.29, 1.82) is 0 Å². The van der Waals surface area contributed by atoms with E-state index in [9.17, 15) is 19.7 Å². The lowest BCUT2D eigenvalue weighted by atomic mass is 10.1. The highest BCUT2D eigenvalue weighted by Gasteiger charge is 2.09. The van der Waals surface area contributed by atoms with Gasteiger partial charge in [-0.3, -0.25) is 19.7 Å². The van der Waals surface area contributed by atoms with Gasteiger partial charge in [-0.2, -0.15) is 0 Å². The number of nitrogens with zero attached hydrogens (tertiary/aromatic N) is 1. The fraction of sp³-hybridized carbons (Fsp3) is 0.0526. The summed E-state index contributed by atoms with van der Waals surface area (Å²) in [7, 11) is 0. The maximum Gasteiger partial charge on any atom is 0.270 e. The van der Waals surface area contributed by atoms with Crippen LogP contribution in [0.15, 0.2) is 47.3 Å². The third-order valence-electron chi connectivity index (χ3n) is 3.83. The summed E-state index contributed by atoms with van der Waals surface area (Å²) in [4.78, 5) is 37.6. The number of rotatable bonds is 4. The lowest BCUT2D eigenvalue weighted by Gasteiger charge is -1.99. The average Bonchev–Trinajstić information content (AvgIpc) is 2.96. The molecular formula is C19H13ClN2O4S. The molecule has 27 heavy (non-hydrogen) atoms. The molecule has 0 bridgehead atoms. The Morgan fingerprint density at radius 1 is 1.26 bits per heavy atom. The zero-order valence-corrected chi connectivity index (χ0v) is 15.6. The minimum Gasteiger partial charge on any atom is -0.313 e. The molecule has 0 saturated carbocycles. The third-order valence-corrected chi connectivity index (χ3v) is 5.14. The number of aromatic nitrogens is 1. The van der Waals surface area contributed by atoms with Crippen molar-refractivity contribution < 1.29 is 9.72 Å². The maximum absolute atomic E-state index is 12.4. The monoisotopic (exact) mass is 400 g/mol. The molecule has 1 N–H and O–H groups in total. The van der Waals surface area contributed by atoms with Crippen molar-refractivity contribution in [2.45, 2.75) is 6.92 Å². The van der Waals surface area contributed by atoms with Crippen LogP contribution in [0, 0.1) is 17.0 Å². The smallest absolute Gasteiger partial charge is 0.270 e. The van der Waals surface area contributed by atoms with Crippen LogP contribution in [-0.4, -0.2) is 15.7 Å². The van der Waals surface area contributed by atoms with Crippen LogP contribution in [0.1, 0.15) is 21.5 Å². The fourth-order valence-electron chi connectivity index (χ4n) is 2.47. The van der Waals surface area contributed by atoms with Crippen molar-refractivity contribution in [1.82, 2.24) is 4.98 Å². The van der Waals surface area contributed by atoms with Crippen molar-refractivity contribution >= 4 is 46.6 Å². The molecule has 0 aliphatic rings. The molecule has 1 heterocycles. The minimum atomic E-state index is -0.535. The van der Waals surface area contributed by atoms with Gasteiger partial charge in [0.15, 0.2) is 5.78 Å². The largest absolute Gasteiger partial charge is 0.313 e. The fourth-order valence-corrected chi connectivity index (χ4v) is 3.52. The third kappa shape index (κ3) is 4.21. The molecule has 8 heteroatoms. The van der Waals surface area contributed by atoms with Crippen LogP contribution < -0.4 is 14.8 Å². The van der Waals surface area contributed by atoms with Crippen LogP contribution in [0.4, 0.5) is 5.69 Å². The maximum atomic E-state index is 12.4. The normalized spacial score (nSPS) is 12.4. The van der Waals surface area contributed by atoms with Gasteiger partial charge >= 0.3 is 0 Å². The first-order chi connectivity index (χ1) is 12.8. The van der Waals surface area contributed by atoms with Gasteiger partial charge < -0.3 is 4.98 Å². The highest BCUT2D eigenvalue weighted by molar-refractivity contribution is 7.07. The number of benzene rings is 2. The number of carbonyl (C=O) groups is 1. The Hall–Kier alpha value is -3.03. The van der Waals surface area contributed by atoms with E-state index >= 15 is 0 Å². The number of thiazole rings is 1. The van der Waals surface area contributed by atoms with E-state index in [1.165, 1.54) is 30.4 Å². The SMILES string of the molecule is Cc1ccccc1C(=O)/C=c1\[nH]c(=O)/c(=C\c2cc([N+](=O)[O-])ccc2Cl)s1. The van der Waals surface area contributed by atoms with Gasteiger partial charge in [-0.1, -0.05) is 35.9 Å². The van der Waals surface area contributed by atoms with E-state index in [2.05, 4.69) is 4.98 Å². The molecule has 136 valence electrons. The Labute approximate surface area is 162 Å². The van der Waals surface area contributed by atoms with Crippen molar-refractivity contribution in [3.8, 4) is 0 Å². The molecule has 3 aromatic rings. The van der Waals surface area contributed by atoms with Crippen LogP contribution >= 0.6 is 22.9 Å². The summed E-state index contributed by atoms with van der Waals surface area (Å²) in [6.45, 7) is 1.84. The van der Waals surface area contributed by atoms with E-state index < -0.39 is 10.5 Å². The summed E-state index contributed by atoms with van der Waals surface area (Å²) in [5, 5.41) is 11.2. The van der Waals surface area contributed by atoms with Crippen LogP contribution in [0.3, 0.4) is 0 Å². The second kappa shape index (κ2) is 7.69. The Balaban J connectivity index is 2.05. The standard InChI is InChI=1S/C19H13ClN2O4S/c1-11-4-2-3-5-14(11)16(23)10-18-21-19(24)17(27-18)9-12-8-13(22(25)26)6-7-15(12)20/h2-10H,1H3,(H,21,24)/b17-9+,18-10+. The van der Waals surface area contributed by atoms with Gasteiger partial charge in [-0.05, 0) is 24.6 Å². The van der Waals surface area contributed by atoms with Gasteiger partial charge in [-0.15, -0.1) is 11.3 Å². The number of non-ortho nitro benzene ring substituents is 1. The number of nitro groups is 1. The van der Waals surface area contributed by atoms with Crippen molar-refractivity contribution in [3.05, 3.63) is 93.8 Å². The van der Waals surface area contributed by atoms with Crippen LogP contribution in [0.25, 0.3) is 12.2 Å². The van der Waals surface area contributed by atoms with Crippen LogP contribution in [0.5, 0.6) is 0 Å². The molecule has 0 fully saturated rings. The van der Waals surface area contributed by atoms with Crippen LogP contribution in [0.2, 0.25) is 5.02 Å². The number of Topliss-reactive ketones (excluding diaryl/α,β-unsaturated/α-hetero) is 1. The number of hydrogen-bond donors (Lipinski definition) is 1. The molecule has 0 saturated heterocycles. The molecule has 0 aliphatic carbocycles. The van der Waals surface area contributed by atoms with E-state index in [4.69, 9.17) is 11.6 Å². The summed E-state index contributed by atoms with van der Waals surface area (Å²) in [6, 6.07) is 11.2. The van der Waals surface area contributed by atoms with E-state index in [0.29, 0.717) is 20.3 Å². The molecule has 0 amide bonds. The van der Waals surface area contributed by atoms with E-state index in [-0.39, 0.29) is 16.5 Å². The highest BCUT2D eigenvalue weighted by Crippen LogP contribution is 2.22. The molecule has 2 aromatic carbocycles. The first kappa shape index (κ1) is 18.8. The molecule has 0 spiro atoms. The number of aryl methyl sites for hydroxylation is 1. The van der Waals surface area contributed by atoms with Gasteiger partial charge in [-0.25, -0.2) is 0 Å². The number of nitrogens with one attached hydrogen (secondary N) is 1. The summed E-state index contributed by atoms with van der Waals surface area (Å²) in [5.74, 6) is -0.217. The van der Waals surface area contributed by atoms with Gasteiger partial charge in [0, 0.05) is 34.4 Å². The molecule has 1 aromatic heterocycles. The van der Waals surface area contributed by atoms with Crippen LogP contribution in [-0.2, 0) is 0 Å². The minimum absolute atomic E-state index is 0.125. The number of nitro benzene ring substituents is 1. The lowest BCUT2D eigenvalue weighted by molar-refractivity contribution is -0.384. The number of carbonyl (C=O) groups excluding carboxylic acids is 1.